The molecule has 1 heterocycles. The predicted molar refractivity (Wildman–Crippen MR) is 91.9 cm³/mol. The average Bonchev–Trinajstić information content (AvgIpc) is 2.84. The Morgan fingerprint density at radius 2 is 1.78 bits per heavy atom. The first kappa shape index (κ1) is 15.2. The molecule has 116 valence electrons. The minimum absolute atomic E-state index is 0.158. The van der Waals surface area contributed by atoms with Crippen LogP contribution in [0.5, 0.6) is 11.5 Å². The SMILES string of the molecule is COc1ccc(N2C(=N)SC(=Cc3ccc(O)cc3)C2=O)cc1. The van der Waals surface area contributed by atoms with Gasteiger partial charge < -0.3 is 9.84 Å². The van der Waals surface area contributed by atoms with Crippen LogP contribution in [0.3, 0.4) is 0 Å². The van der Waals surface area contributed by atoms with Gasteiger partial charge in [0.05, 0.1) is 17.7 Å². The summed E-state index contributed by atoms with van der Waals surface area (Å²) in [6, 6.07) is 13.5. The predicted octanol–water partition coefficient (Wildman–Crippen LogP) is 3.46. The van der Waals surface area contributed by atoms with Crippen LogP contribution in [-0.4, -0.2) is 23.3 Å². The van der Waals surface area contributed by atoms with E-state index in [2.05, 4.69) is 0 Å². The normalized spacial score (nSPS) is 16.2. The third kappa shape index (κ3) is 3.07. The molecule has 1 aliphatic rings. The number of amidine groups is 1. The first-order valence-corrected chi connectivity index (χ1v) is 7.66. The molecule has 1 amide bonds. The Labute approximate surface area is 137 Å². The summed E-state index contributed by atoms with van der Waals surface area (Å²) in [5.41, 5.74) is 1.42. The summed E-state index contributed by atoms with van der Waals surface area (Å²) >= 11 is 1.11. The lowest BCUT2D eigenvalue weighted by atomic mass is 10.2. The van der Waals surface area contributed by atoms with Gasteiger partial charge in [-0.15, -0.1) is 0 Å². The number of thioether (sulfide) groups is 1. The monoisotopic (exact) mass is 326 g/mol. The Kier molecular flexibility index (Phi) is 4.08. The third-order valence-corrected chi connectivity index (χ3v) is 4.23. The molecule has 2 aromatic rings. The van der Waals surface area contributed by atoms with Gasteiger partial charge in [0.1, 0.15) is 11.5 Å². The molecule has 1 fully saturated rings. The number of hydrogen-bond acceptors (Lipinski definition) is 5. The van der Waals surface area contributed by atoms with Crippen LogP contribution < -0.4 is 9.64 Å². The maximum atomic E-state index is 12.6. The zero-order valence-corrected chi connectivity index (χ0v) is 13.1. The Balaban J connectivity index is 1.88. The molecule has 0 radical (unpaired) electrons. The van der Waals surface area contributed by atoms with Crippen molar-refractivity contribution in [1.29, 1.82) is 5.41 Å². The second-order valence-electron chi connectivity index (χ2n) is 4.85. The van der Waals surface area contributed by atoms with E-state index in [0.717, 1.165) is 17.3 Å². The lowest BCUT2D eigenvalue weighted by Crippen LogP contribution is -2.27. The Morgan fingerprint density at radius 3 is 2.39 bits per heavy atom. The van der Waals surface area contributed by atoms with Crippen molar-refractivity contribution in [2.45, 2.75) is 0 Å². The Bertz CT molecular complexity index is 782. The number of anilines is 1. The van der Waals surface area contributed by atoms with E-state index in [4.69, 9.17) is 10.1 Å². The Morgan fingerprint density at radius 1 is 1.13 bits per heavy atom. The molecule has 1 aliphatic heterocycles. The second-order valence-corrected chi connectivity index (χ2v) is 5.88. The number of phenolic OH excluding ortho intramolecular Hbond substituents is 1. The number of carbonyl (C=O) groups is 1. The van der Waals surface area contributed by atoms with E-state index in [1.165, 1.54) is 4.90 Å². The number of nitrogens with one attached hydrogen (secondary N) is 1. The van der Waals surface area contributed by atoms with Crippen molar-refractivity contribution in [3.8, 4) is 11.5 Å². The van der Waals surface area contributed by atoms with Crippen molar-refractivity contribution in [3.05, 3.63) is 59.0 Å². The largest absolute Gasteiger partial charge is 0.508 e. The fourth-order valence-corrected chi connectivity index (χ4v) is 3.04. The van der Waals surface area contributed by atoms with Gasteiger partial charge in [0.25, 0.3) is 5.91 Å². The van der Waals surface area contributed by atoms with Crippen LogP contribution in [0.2, 0.25) is 0 Å². The summed E-state index contributed by atoms with van der Waals surface area (Å²) in [6.07, 6.45) is 1.71. The van der Waals surface area contributed by atoms with Gasteiger partial charge in [-0.25, -0.2) is 0 Å². The zero-order chi connectivity index (χ0) is 16.4. The third-order valence-electron chi connectivity index (χ3n) is 3.35. The maximum absolute atomic E-state index is 12.6. The quantitative estimate of drug-likeness (QED) is 0.847. The van der Waals surface area contributed by atoms with Gasteiger partial charge in [0.2, 0.25) is 0 Å². The molecule has 23 heavy (non-hydrogen) atoms. The fraction of sp³-hybridized carbons (Fsp3) is 0.0588. The molecule has 1 saturated heterocycles. The van der Waals surface area contributed by atoms with Gasteiger partial charge in [0.15, 0.2) is 5.17 Å². The van der Waals surface area contributed by atoms with Crippen molar-refractivity contribution in [1.82, 2.24) is 0 Å². The van der Waals surface area contributed by atoms with Crippen LogP contribution >= 0.6 is 11.8 Å². The van der Waals surface area contributed by atoms with Gasteiger partial charge in [-0.1, -0.05) is 12.1 Å². The number of amides is 1. The van der Waals surface area contributed by atoms with Crippen LogP contribution in [0.15, 0.2) is 53.4 Å². The number of methoxy groups -OCH3 is 1. The number of hydrogen-bond donors (Lipinski definition) is 2. The standard InChI is InChI=1S/C17H14N2O3S/c1-22-14-8-4-12(5-9-14)19-16(21)15(23-17(19)18)10-11-2-6-13(20)7-3-11/h2-10,18,20H,1H3. The van der Waals surface area contributed by atoms with Gasteiger partial charge >= 0.3 is 0 Å². The first-order chi connectivity index (χ1) is 11.1. The Hall–Kier alpha value is -2.73. The number of benzene rings is 2. The number of nitrogens with zero attached hydrogens (tertiary/aromatic N) is 1. The highest BCUT2D eigenvalue weighted by Gasteiger charge is 2.33. The molecular formula is C17H14N2O3S. The first-order valence-electron chi connectivity index (χ1n) is 6.84. The van der Waals surface area contributed by atoms with Gasteiger partial charge in [-0.3, -0.25) is 15.1 Å². The number of ether oxygens (including phenoxy) is 1. The van der Waals surface area contributed by atoms with Crippen LogP contribution in [0.4, 0.5) is 5.69 Å². The summed E-state index contributed by atoms with van der Waals surface area (Å²) < 4.78 is 5.10. The van der Waals surface area contributed by atoms with Gasteiger partial charge in [-0.05, 0) is 59.8 Å². The zero-order valence-electron chi connectivity index (χ0n) is 12.3. The molecule has 0 spiro atoms. The topological polar surface area (TPSA) is 73.6 Å². The highest BCUT2D eigenvalue weighted by molar-refractivity contribution is 8.19. The molecule has 0 atom stereocenters. The number of carbonyl (C=O) groups excluding carboxylic acids is 1. The van der Waals surface area contributed by atoms with Crippen molar-refractivity contribution >= 4 is 34.6 Å². The molecule has 0 bridgehead atoms. The average molecular weight is 326 g/mol. The van der Waals surface area contributed by atoms with Gasteiger partial charge in [-0.2, -0.15) is 0 Å². The molecule has 6 heteroatoms. The molecule has 2 N–H and O–H groups in total. The van der Waals surface area contributed by atoms with Crippen LogP contribution in [0.1, 0.15) is 5.56 Å². The molecule has 3 rings (SSSR count). The summed E-state index contributed by atoms with van der Waals surface area (Å²) in [6.45, 7) is 0. The van der Waals surface area contributed by atoms with Crippen molar-refractivity contribution in [3.63, 3.8) is 0 Å². The minimum atomic E-state index is -0.238. The van der Waals surface area contributed by atoms with E-state index >= 15 is 0 Å². The van der Waals surface area contributed by atoms with E-state index in [9.17, 15) is 9.90 Å². The van der Waals surface area contributed by atoms with Crippen LogP contribution in [0, 0.1) is 5.41 Å². The number of phenols is 1. The van der Waals surface area contributed by atoms with Gasteiger partial charge in [0, 0.05) is 0 Å². The smallest absolute Gasteiger partial charge is 0.271 e. The molecular weight excluding hydrogens is 312 g/mol. The van der Waals surface area contributed by atoms with Crippen LogP contribution in [0.25, 0.3) is 6.08 Å². The molecule has 0 unspecified atom stereocenters. The van der Waals surface area contributed by atoms with Crippen LogP contribution in [-0.2, 0) is 4.79 Å². The summed E-state index contributed by atoms with van der Waals surface area (Å²) in [4.78, 5) is 14.4. The second kappa shape index (κ2) is 6.18. The molecule has 2 aromatic carbocycles. The minimum Gasteiger partial charge on any atom is -0.508 e. The molecule has 0 saturated carbocycles. The van der Waals surface area contributed by atoms with Crippen molar-refractivity contribution < 1.29 is 14.6 Å². The van der Waals surface area contributed by atoms with E-state index in [-0.39, 0.29) is 16.8 Å². The molecule has 0 aromatic heterocycles. The highest BCUT2D eigenvalue weighted by Crippen LogP contribution is 2.35. The summed E-state index contributed by atoms with van der Waals surface area (Å²) in [7, 11) is 1.58. The van der Waals surface area contributed by atoms with E-state index in [1.807, 2.05) is 0 Å². The summed E-state index contributed by atoms with van der Waals surface area (Å²) in [5.74, 6) is 0.628. The van der Waals surface area contributed by atoms with E-state index in [0.29, 0.717) is 16.3 Å². The van der Waals surface area contributed by atoms with Crippen molar-refractivity contribution in [2.24, 2.45) is 0 Å². The molecule has 0 aliphatic carbocycles. The lowest BCUT2D eigenvalue weighted by Gasteiger charge is -2.14. The van der Waals surface area contributed by atoms with Crippen molar-refractivity contribution in [2.75, 3.05) is 12.0 Å². The number of rotatable bonds is 3. The molecule has 5 nitrogen and oxygen atoms in total. The maximum Gasteiger partial charge on any atom is 0.271 e. The fourth-order valence-electron chi connectivity index (χ4n) is 2.17. The van der Waals surface area contributed by atoms with E-state index in [1.54, 1.807) is 61.7 Å². The lowest BCUT2D eigenvalue weighted by molar-refractivity contribution is -0.113. The highest BCUT2D eigenvalue weighted by atomic mass is 32.2. The number of aromatic hydroxyl groups is 1. The summed E-state index contributed by atoms with van der Waals surface area (Å²) in [5, 5.41) is 17.5. The van der Waals surface area contributed by atoms with E-state index < -0.39 is 0 Å².